The van der Waals surface area contributed by atoms with E-state index in [0.717, 1.165) is 0 Å². The van der Waals surface area contributed by atoms with Gasteiger partial charge in [0.15, 0.2) is 0 Å². The maximum atomic E-state index is 12.6. The van der Waals surface area contributed by atoms with Crippen LogP contribution in [0.25, 0.3) is 0 Å². The summed E-state index contributed by atoms with van der Waals surface area (Å²) in [6, 6.07) is -2.76. The number of thioether (sulfide) groups is 1. The fourth-order valence-corrected chi connectivity index (χ4v) is 3.75. The van der Waals surface area contributed by atoms with Gasteiger partial charge in [-0.2, -0.15) is 11.8 Å². The number of hydrogen-bond acceptors (Lipinski definition) is 9. The molecule has 0 aromatic rings. The number of rotatable bonds is 7. The molecule has 0 saturated carbocycles. The van der Waals surface area contributed by atoms with E-state index in [0.29, 0.717) is 5.75 Å². The number of methoxy groups -OCH3 is 1. The SMILES string of the molecule is COC(=O)[C@H]1CSC[C@H](NC(=O)CC[C@H](NC(=O)OC(C)(C)C)C(=O)OC(C)(C)C)C(=O)N1. The largest absolute Gasteiger partial charge is 0.467 e. The molecular formula is C21H35N3O8S. The van der Waals surface area contributed by atoms with Crippen LogP contribution in [-0.2, 0) is 33.4 Å². The molecule has 0 unspecified atom stereocenters. The average Bonchev–Trinajstić information content (AvgIpc) is 2.83. The second-order valence-corrected chi connectivity index (χ2v) is 10.6. The van der Waals surface area contributed by atoms with Crippen LogP contribution < -0.4 is 16.0 Å². The molecule has 0 spiro atoms. The highest BCUT2D eigenvalue weighted by atomic mass is 32.2. The van der Waals surface area contributed by atoms with E-state index >= 15 is 0 Å². The minimum absolute atomic E-state index is 0.0632. The first-order valence-corrected chi connectivity index (χ1v) is 11.7. The summed E-state index contributed by atoms with van der Waals surface area (Å²) in [6.07, 6.45) is -1.03. The molecule has 11 nitrogen and oxygen atoms in total. The van der Waals surface area contributed by atoms with E-state index in [9.17, 15) is 24.0 Å². The summed E-state index contributed by atoms with van der Waals surface area (Å²) in [5, 5.41) is 7.59. The molecule has 3 N–H and O–H groups in total. The van der Waals surface area contributed by atoms with Crippen molar-refractivity contribution in [3.8, 4) is 0 Å². The van der Waals surface area contributed by atoms with Gasteiger partial charge in [-0.1, -0.05) is 0 Å². The molecule has 0 aromatic heterocycles. The van der Waals surface area contributed by atoms with Crippen LogP contribution in [0.1, 0.15) is 54.4 Å². The van der Waals surface area contributed by atoms with Crippen molar-refractivity contribution >= 4 is 41.6 Å². The highest BCUT2D eigenvalue weighted by Gasteiger charge is 2.32. The first-order valence-electron chi connectivity index (χ1n) is 10.6. The fraction of sp³-hybridized carbons (Fsp3) is 0.762. The van der Waals surface area contributed by atoms with Crippen LogP contribution in [0.2, 0.25) is 0 Å². The number of nitrogens with one attached hydrogen (secondary N) is 3. The first-order chi connectivity index (χ1) is 15.1. The Morgan fingerprint density at radius 3 is 2.21 bits per heavy atom. The Hall–Kier alpha value is -2.50. The van der Waals surface area contributed by atoms with Crippen molar-refractivity contribution < 1.29 is 38.2 Å². The van der Waals surface area contributed by atoms with Crippen molar-refractivity contribution in [2.75, 3.05) is 18.6 Å². The number of esters is 2. The standard InChI is InChI=1S/C21H35N3O8S/c1-20(2,3)31-18(28)12(24-19(29)32-21(4,5)6)8-9-15(25)22-13-10-33-11-14(17(27)30-7)23-16(13)26/h12-14H,8-11H2,1-7H3,(H,22,25)(H,23,26)(H,24,29)/t12-,13-,14+/m0/s1. The summed E-state index contributed by atoms with van der Waals surface area (Å²) in [7, 11) is 1.23. The lowest BCUT2D eigenvalue weighted by molar-refractivity contribution is -0.157. The number of amides is 3. The van der Waals surface area contributed by atoms with Crippen molar-refractivity contribution in [1.82, 2.24) is 16.0 Å². The first kappa shape index (κ1) is 28.5. The van der Waals surface area contributed by atoms with Crippen molar-refractivity contribution in [2.45, 2.75) is 83.7 Å². The van der Waals surface area contributed by atoms with Crippen LogP contribution in [0.15, 0.2) is 0 Å². The van der Waals surface area contributed by atoms with Crippen LogP contribution in [0, 0.1) is 0 Å². The molecular weight excluding hydrogens is 454 g/mol. The van der Waals surface area contributed by atoms with E-state index in [1.807, 2.05) is 0 Å². The molecule has 1 rings (SSSR count). The van der Waals surface area contributed by atoms with E-state index in [1.54, 1.807) is 41.5 Å². The maximum absolute atomic E-state index is 12.6. The van der Waals surface area contributed by atoms with Crippen molar-refractivity contribution in [2.24, 2.45) is 0 Å². The average molecular weight is 490 g/mol. The summed E-state index contributed by atoms with van der Waals surface area (Å²) < 4.78 is 15.2. The lowest BCUT2D eigenvalue weighted by Gasteiger charge is -2.26. The number of carbonyl (C=O) groups excluding carboxylic acids is 5. The van der Waals surface area contributed by atoms with Gasteiger partial charge < -0.3 is 30.2 Å². The Morgan fingerprint density at radius 1 is 1.06 bits per heavy atom. The van der Waals surface area contributed by atoms with E-state index < -0.39 is 59.2 Å². The van der Waals surface area contributed by atoms with Crippen molar-refractivity contribution in [3.05, 3.63) is 0 Å². The highest BCUT2D eigenvalue weighted by Crippen LogP contribution is 2.14. The molecule has 0 aromatic carbocycles. The Labute approximate surface area is 198 Å². The molecule has 0 bridgehead atoms. The fourth-order valence-electron chi connectivity index (χ4n) is 2.68. The molecule has 3 amide bonds. The molecule has 1 fully saturated rings. The van der Waals surface area contributed by atoms with Crippen LogP contribution in [0.5, 0.6) is 0 Å². The zero-order valence-corrected chi connectivity index (χ0v) is 21.1. The van der Waals surface area contributed by atoms with Gasteiger partial charge in [-0.3, -0.25) is 9.59 Å². The molecule has 0 aliphatic carbocycles. The Balaban J connectivity index is 2.73. The predicted molar refractivity (Wildman–Crippen MR) is 121 cm³/mol. The minimum atomic E-state index is -1.12. The summed E-state index contributed by atoms with van der Waals surface area (Å²) in [6.45, 7) is 10.1. The Kier molecular flexibility index (Phi) is 10.5. The molecule has 188 valence electrons. The van der Waals surface area contributed by atoms with Gasteiger partial charge in [-0.25, -0.2) is 14.4 Å². The third kappa shape index (κ3) is 11.3. The summed E-state index contributed by atoms with van der Waals surface area (Å²) >= 11 is 1.32. The Morgan fingerprint density at radius 2 is 1.67 bits per heavy atom. The van der Waals surface area contributed by atoms with Gasteiger partial charge in [-0.05, 0) is 48.0 Å². The van der Waals surface area contributed by atoms with Gasteiger partial charge in [0.05, 0.1) is 7.11 Å². The van der Waals surface area contributed by atoms with E-state index in [1.165, 1.54) is 18.9 Å². The molecule has 12 heteroatoms. The van der Waals surface area contributed by atoms with Gasteiger partial charge >= 0.3 is 18.0 Å². The molecule has 1 saturated heterocycles. The number of carbonyl (C=O) groups is 5. The van der Waals surface area contributed by atoms with Gasteiger partial charge in [0.1, 0.15) is 29.3 Å². The maximum Gasteiger partial charge on any atom is 0.408 e. The quantitative estimate of drug-likeness (QED) is 0.350. The molecule has 33 heavy (non-hydrogen) atoms. The monoisotopic (exact) mass is 489 g/mol. The van der Waals surface area contributed by atoms with Gasteiger partial charge in [-0.15, -0.1) is 0 Å². The van der Waals surface area contributed by atoms with Crippen LogP contribution in [-0.4, -0.2) is 77.8 Å². The summed E-state index contributed by atoms with van der Waals surface area (Å²) in [4.78, 5) is 61.2. The lowest BCUT2D eigenvalue weighted by Crippen LogP contribution is -2.51. The minimum Gasteiger partial charge on any atom is -0.467 e. The highest BCUT2D eigenvalue weighted by molar-refractivity contribution is 7.99. The van der Waals surface area contributed by atoms with E-state index in [2.05, 4.69) is 20.7 Å². The van der Waals surface area contributed by atoms with Crippen molar-refractivity contribution in [3.63, 3.8) is 0 Å². The topological polar surface area (TPSA) is 149 Å². The predicted octanol–water partition coefficient (Wildman–Crippen LogP) is 0.891. The molecule has 1 aliphatic heterocycles. The zero-order chi connectivity index (χ0) is 25.4. The van der Waals surface area contributed by atoms with Gasteiger partial charge in [0.2, 0.25) is 11.8 Å². The molecule has 1 heterocycles. The second-order valence-electron chi connectivity index (χ2n) is 9.51. The number of alkyl carbamates (subject to hydrolysis) is 1. The van der Waals surface area contributed by atoms with Crippen LogP contribution in [0.4, 0.5) is 4.79 Å². The smallest absolute Gasteiger partial charge is 0.408 e. The number of ether oxygens (including phenoxy) is 3. The lowest BCUT2D eigenvalue weighted by atomic mass is 10.1. The molecule has 3 atom stereocenters. The van der Waals surface area contributed by atoms with E-state index in [4.69, 9.17) is 9.47 Å². The third-order valence-corrected chi connectivity index (χ3v) is 5.20. The molecule has 1 aliphatic rings. The summed E-state index contributed by atoms with van der Waals surface area (Å²) in [5.41, 5.74) is -1.56. The van der Waals surface area contributed by atoms with Crippen LogP contribution >= 0.6 is 11.8 Å². The number of hydrogen-bond donors (Lipinski definition) is 3. The normalized spacial score (nSPS) is 19.9. The third-order valence-electron chi connectivity index (χ3n) is 4.07. The van der Waals surface area contributed by atoms with Crippen molar-refractivity contribution in [1.29, 1.82) is 0 Å². The van der Waals surface area contributed by atoms with Gasteiger partial charge in [0.25, 0.3) is 0 Å². The Bertz CT molecular complexity index is 745. The molecule has 0 radical (unpaired) electrons. The van der Waals surface area contributed by atoms with Crippen LogP contribution in [0.3, 0.4) is 0 Å². The zero-order valence-electron chi connectivity index (χ0n) is 20.2. The van der Waals surface area contributed by atoms with Gasteiger partial charge in [0, 0.05) is 17.9 Å². The van der Waals surface area contributed by atoms with E-state index in [-0.39, 0.29) is 18.6 Å². The summed E-state index contributed by atoms with van der Waals surface area (Å²) in [5.74, 6) is -1.66. The second kappa shape index (κ2) is 12.1.